The Labute approximate surface area is 90.6 Å². The van der Waals surface area contributed by atoms with E-state index >= 15 is 0 Å². The second kappa shape index (κ2) is 3.12. The number of nitrogens with zero attached hydrogens (tertiary/aromatic N) is 1. The Kier molecular flexibility index (Phi) is 2.17. The van der Waals surface area contributed by atoms with Crippen LogP contribution in [0.4, 0.5) is 5.69 Å². The summed E-state index contributed by atoms with van der Waals surface area (Å²) >= 11 is 11.3. The minimum atomic E-state index is -3.70. The van der Waals surface area contributed by atoms with E-state index in [0.29, 0.717) is 5.02 Å². The molecule has 1 aliphatic rings. The van der Waals surface area contributed by atoms with E-state index in [9.17, 15) is 8.42 Å². The molecule has 1 aromatic carbocycles. The number of hydrogen-bond acceptors (Lipinski definition) is 3. The van der Waals surface area contributed by atoms with E-state index in [1.807, 2.05) is 0 Å². The molecule has 0 fully saturated rings. The summed E-state index contributed by atoms with van der Waals surface area (Å²) in [6.07, 6.45) is 0. The Balaban J connectivity index is 2.78. The predicted molar refractivity (Wildman–Crippen MR) is 55.5 cm³/mol. The van der Waals surface area contributed by atoms with Crippen molar-refractivity contribution in [2.45, 2.75) is 4.90 Å². The fourth-order valence-corrected chi connectivity index (χ4v) is 2.79. The predicted octanol–water partition coefficient (Wildman–Crippen LogP) is 2.05. The first-order valence-corrected chi connectivity index (χ1v) is 5.76. The molecule has 0 aliphatic carbocycles. The van der Waals surface area contributed by atoms with Crippen molar-refractivity contribution in [1.82, 2.24) is 0 Å². The minimum absolute atomic E-state index is 0.0365. The Bertz CT molecular complexity index is 524. The topological polar surface area (TPSA) is 58.5 Å². The molecule has 0 radical (unpaired) electrons. The number of hydrogen-bond donors (Lipinski definition) is 1. The molecule has 14 heavy (non-hydrogen) atoms. The summed E-state index contributed by atoms with van der Waals surface area (Å²) in [5.41, 5.74) is 0.272. The first kappa shape index (κ1) is 9.76. The molecule has 4 nitrogen and oxygen atoms in total. The van der Waals surface area contributed by atoms with E-state index in [1.165, 1.54) is 12.1 Å². The highest BCUT2D eigenvalue weighted by Crippen LogP contribution is 2.33. The Morgan fingerprint density at radius 2 is 2.00 bits per heavy atom. The molecule has 0 saturated heterocycles. The zero-order valence-electron chi connectivity index (χ0n) is 6.66. The molecule has 0 saturated carbocycles. The zero-order chi connectivity index (χ0) is 10.3. The van der Waals surface area contributed by atoms with E-state index < -0.39 is 10.0 Å². The third-order valence-electron chi connectivity index (χ3n) is 1.68. The first-order chi connectivity index (χ1) is 6.50. The van der Waals surface area contributed by atoms with Gasteiger partial charge in [0.25, 0.3) is 10.0 Å². The van der Waals surface area contributed by atoms with E-state index in [0.717, 1.165) is 0 Å². The number of fused-ring (bicyclic) bond motifs is 1. The van der Waals surface area contributed by atoms with Crippen LogP contribution in [0.25, 0.3) is 0 Å². The van der Waals surface area contributed by atoms with Crippen molar-refractivity contribution >= 4 is 44.2 Å². The largest absolute Gasteiger partial charge is 0.327 e. The monoisotopic (exact) mass is 250 g/mol. The molecule has 1 aliphatic heterocycles. The van der Waals surface area contributed by atoms with E-state index in [1.54, 1.807) is 6.07 Å². The maximum atomic E-state index is 11.5. The van der Waals surface area contributed by atoms with Gasteiger partial charge in [0, 0.05) is 0 Å². The van der Waals surface area contributed by atoms with Gasteiger partial charge in [-0.25, -0.2) is 0 Å². The van der Waals surface area contributed by atoms with Gasteiger partial charge in [0.05, 0.1) is 10.7 Å². The second-order valence-corrected chi connectivity index (χ2v) is 4.93. The molecule has 0 aromatic heterocycles. The molecule has 0 atom stereocenters. The summed E-state index contributed by atoms with van der Waals surface area (Å²) in [6.45, 7) is 0. The van der Waals surface area contributed by atoms with Crippen LogP contribution in [0.2, 0.25) is 5.02 Å². The molecular weight excluding hydrogens is 247 g/mol. The maximum absolute atomic E-state index is 11.5. The van der Waals surface area contributed by atoms with E-state index in [2.05, 4.69) is 9.71 Å². The highest BCUT2D eigenvalue weighted by Gasteiger charge is 2.25. The Hall–Kier alpha value is -0.780. The van der Waals surface area contributed by atoms with Gasteiger partial charge in [-0.3, -0.25) is 0 Å². The fourth-order valence-electron chi connectivity index (χ4n) is 1.12. The van der Waals surface area contributed by atoms with Crippen molar-refractivity contribution in [2.75, 3.05) is 5.32 Å². The van der Waals surface area contributed by atoms with Gasteiger partial charge in [0.1, 0.15) is 4.90 Å². The van der Waals surface area contributed by atoms with Crippen LogP contribution >= 0.6 is 23.2 Å². The fraction of sp³-hybridized carbons (Fsp3) is 0. The van der Waals surface area contributed by atoms with Gasteiger partial charge >= 0.3 is 0 Å². The van der Waals surface area contributed by atoms with Gasteiger partial charge in [-0.05, 0) is 23.7 Å². The van der Waals surface area contributed by atoms with Crippen molar-refractivity contribution in [3.8, 4) is 0 Å². The molecule has 0 amide bonds. The summed E-state index contributed by atoms with van der Waals surface area (Å²) < 4.78 is 26.2. The normalized spacial score (nSPS) is 18.0. The summed E-state index contributed by atoms with van der Waals surface area (Å²) in [5.74, 6) is 0. The minimum Gasteiger partial charge on any atom is -0.327 e. The molecule has 1 aromatic rings. The highest BCUT2D eigenvalue weighted by molar-refractivity contribution is 7.90. The SMILES string of the molecule is O=S1(=O)N=C(Cl)Nc2c(Cl)cccc21. The molecule has 0 unspecified atom stereocenters. The summed E-state index contributed by atoms with van der Waals surface area (Å²) in [5, 5.41) is 2.68. The third kappa shape index (κ3) is 1.47. The van der Waals surface area contributed by atoms with Crippen LogP contribution < -0.4 is 5.32 Å². The zero-order valence-corrected chi connectivity index (χ0v) is 8.99. The van der Waals surface area contributed by atoms with Crippen LogP contribution in [0.5, 0.6) is 0 Å². The van der Waals surface area contributed by atoms with Gasteiger partial charge in [-0.15, -0.1) is 4.40 Å². The number of benzene rings is 1. The van der Waals surface area contributed by atoms with Crippen LogP contribution in [0.15, 0.2) is 27.5 Å². The molecular formula is C7H4Cl2N2O2S. The first-order valence-electron chi connectivity index (χ1n) is 3.57. The van der Waals surface area contributed by atoms with Crippen LogP contribution in [0.1, 0.15) is 0 Å². The maximum Gasteiger partial charge on any atom is 0.287 e. The number of nitrogens with one attached hydrogen (secondary N) is 1. The number of rotatable bonds is 0. The van der Waals surface area contributed by atoms with E-state index in [-0.39, 0.29) is 15.9 Å². The number of amidine groups is 1. The lowest BCUT2D eigenvalue weighted by atomic mass is 10.3. The molecule has 0 bridgehead atoms. The molecule has 1 N–H and O–H groups in total. The highest BCUT2D eigenvalue weighted by atomic mass is 35.5. The summed E-state index contributed by atoms with van der Waals surface area (Å²) in [4.78, 5) is 0.0365. The Morgan fingerprint density at radius 1 is 1.29 bits per heavy atom. The molecule has 2 rings (SSSR count). The van der Waals surface area contributed by atoms with Crippen molar-refractivity contribution in [3.63, 3.8) is 0 Å². The van der Waals surface area contributed by atoms with Crippen LogP contribution in [-0.2, 0) is 10.0 Å². The molecule has 0 spiro atoms. The van der Waals surface area contributed by atoms with Gasteiger partial charge in [-0.1, -0.05) is 17.7 Å². The van der Waals surface area contributed by atoms with Crippen molar-refractivity contribution in [1.29, 1.82) is 0 Å². The number of sulfonamides is 1. The van der Waals surface area contributed by atoms with Gasteiger partial charge in [-0.2, -0.15) is 8.42 Å². The Morgan fingerprint density at radius 3 is 2.71 bits per heavy atom. The number of halogens is 2. The third-order valence-corrected chi connectivity index (χ3v) is 3.59. The van der Waals surface area contributed by atoms with Gasteiger partial charge in [0.2, 0.25) is 5.29 Å². The molecule has 74 valence electrons. The average molecular weight is 251 g/mol. The number of para-hydroxylation sites is 1. The van der Waals surface area contributed by atoms with Crippen LogP contribution in [0.3, 0.4) is 0 Å². The molecule has 1 heterocycles. The lowest BCUT2D eigenvalue weighted by Crippen LogP contribution is -2.17. The van der Waals surface area contributed by atoms with Crippen LogP contribution in [-0.4, -0.2) is 13.7 Å². The van der Waals surface area contributed by atoms with Gasteiger partial charge < -0.3 is 5.32 Å². The molecule has 7 heteroatoms. The summed E-state index contributed by atoms with van der Waals surface area (Å²) in [6, 6.07) is 4.52. The smallest absolute Gasteiger partial charge is 0.287 e. The lowest BCUT2D eigenvalue weighted by Gasteiger charge is -2.15. The van der Waals surface area contributed by atoms with Crippen molar-refractivity contribution in [3.05, 3.63) is 23.2 Å². The standard InChI is InChI=1S/C7H4Cl2N2O2S/c8-4-2-1-3-5-6(4)10-7(9)11-14(5,12)13/h1-3H,(H,10,11). The van der Waals surface area contributed by atoms with E-state index in [4.69, 9.17) is 23.2 Å². The lowest BCUT2D eigenvalue weighted by molar-refractivity contribution is 0.598. The quantitative estimate of drug-likeness (QED) is 0.718. The summed E-state index contributed by atoms with van der Waals surface area (Å²) in [7, 11) is -3.70. The van der Waals surface area contributed by atoms with Crippen LogP contribution in [0, 0.1) is 0 Å². The number of anilines is 1. The van der Waals surface area contributed by atoms with Crippen molar-refractivity contribution in [2.24, 2.45) is 4.40 Å². The van der Waals surface area contributed by atoms with Crippen molar-refractivity contribution < 1.29 is 8.42 Å². The van der Waals surface area contributed by atoms with Gasteiger partial charge in [0.15, 0.2) is 0 Å². The second-order valence-electron chi connectivity index (χ2n) is 2.60. The average Bonchev–Trinajstić information content (AvgIpc) is 2.05.